The number of ether oxygens (including phenoxy) is 1. The molecular weight excluding hydrogens is 196 g/mol. The van der Waals surface area contributed by atoms with Crippen molar-refractivity contribution in [2.45, 2.75) is 51.1 Å². The van der Waals surface area contributed by atoms with Crippen LogP contribution in [-0.2, 0) is 9.16 Å². The normalized spacial score (nSPS) is 29.6. The summed E-state index contributed by atoms with van der Waals surface area (Å²) >= 11 is 0. The summed E-state index contributed by atoms with van der Waals surface area (Å²) in [5.74, 6) is 0. The Labute approximate surface area is 87.5 Å². The first-order valence-electron chi connectivity index (χ1n) is 5.18. The van der Waals surface area contributed by atoms with Crippen LogP contribution in [0.25, 0.3) is 0 Å². The van der Waals surface area contributed by atoms with E-state index >= 15 is 0 Å². The highest BCUT2D eigenvalue weighted by molar-refractivity contribution is 6.74. The van der Waals surface area contributed by atoms with Gasteiger partial charge in [0.25, 0.3) is 0 Å². The molecule has 1 fully saturated rings. The maximum atomic E-state index is 9.59. The van der Waals surface area contributed by atoms with Crippen molar-refractivity contribution in [3.63, 3.8) is 0 Å². The van der Waals surface area contributed by atoms with Gasteiger partial charge in [0.05, 0.1) is 19.3 Å². The summed E-state index contributed by atoms with van der Waals surface area (Å²) in [7, 11) is -1.75. The molecule has 0 aliphatic carbocycles. The summed E-state index contributed by atoms with van der Waals surface area (Å²) in [6.45, 7) is 11.9. The third-order valence-electron chi connectivity index (χ3n) is 3.25. The molecule has 0 aromatic carbocycles. The first-order chi connectivity index (χ1) is 6.24. The molecule has 2 atom stereocenters. The van der Waals surface area contributed by atoms with Crippen LogP contribution in [0.1, 0.15) is 20.8 Å². The minimum atomic E-state index is -1.75. The molecule has 0 aromatic heterocycles. The van der Waals surface area contributed by atoms with Gasteiger partial charge >= 0.3 is 0 Å². The maximum absolute atomic E-state index is 9.59. The van der Waals surface area contributed by atoms with Crippen LogP contribution in [0.5, 0.6) is 0 Å². The van der Waals surface area contributed by atoms with Crippen LogP contribution >= 0.6 is 0 Å². The van der Waals surface area contributed by atoms with Crippen LogP contribution in [0.4, 0.5) is 0 Å². The molecule has 0 bridgehead atoms. The molecule has 4 heteroatoms. The van der Waals surface area contributed by atoms with Gasteiger partial charge in [0.1, 0.15) is 6.10 Å². The lowest BCUT2D eigenvalue weighted by molar-refractivity contribution is 0.0642. The molecule has 0 unspecified atom stereocenters. The number of aliphatic hydroxyl groups excluding tert-OH is 1. The van der Waals surface area contributed by atoms with E-state index in [2.05, 4.69) is 33.9 Å². The van der Waals surface area contributed by atoms with E-state index in [1.54, 1.807) is 0 Å². The van der Waals surface area contributed by atoms with Crippen LogP contribution in [0.3, 0.4) is 0 Å². The predicted octanol–water partition coefficient (Wildman–Crippen LogP) is 1.77. The van der Waals surface area contributed by atoms with E-state index in [1.807, 2.05) is 0 Å². The second kappa shape index (κ2) is 3.93. The molecule has 1 rings (SSSR count). The third-order valence-corrected chi connectivity index (χ3v) is 7.76. The Morgan fingerprint density at radius 3 is 2.21 bits per heavy atom. The van der Waals surface area contributed by atoms with Crippen LogP contribution in [0, 0.1) is 0 Å². The Balaban J connectivity index is 2.58. The van der Waals surface area contributed by atoms with E-state index in [0.717, 1.165) is 0 Å². The lowest BCUT2D eigenvalue weighted by Gasteiger charge is -2.38. The Hall–Kier alpha value is 0.0969. The van der Waals surface area contributed by atoms with Gasteiger partial charge in [-0.15, -0.1) is 0 Å². The van der Waals surface area contributed by atoms with Gasteiger partial charge in [-0.1, -0.05) is 20.8 Å². The number of rotatable bonds is 2. The number of aliphatic hydroxyl groups is 1. The second-order valence-electron chi connectivity index (χ2n) is 5.52. The van der Waals surface area contributed by atoms with Crippen molar-refractivity contribution in [1.29, 1.82) is 0 Å². The number of hydrogen-bond acceptors (Lipinski definition) is 3. The summed E-state index contributed by atoms with van der Waals surface area (Å²) in [6, 6.07) is 0. The molecule has 1 saturated heterocycles. The average Bonchev–Trinajstić information content (AvgIpc) is 2.33. The Morgan fingerprint density at radius 1 is 1.29 bits per heavy atom. The molecule has 0 saturated carbocycles. The minimum absolute atomic E-state index is 0.115. The van der Waals surface area contributed by atoms with Crippen molar-refractivity contribution in [2.75, 3.05) is 13.2 Å². The zero-order valence-corrected chi connectivity index (χ0v) is 10.8. The van der Waals surface area contributed by atoms with Crippen LogP contribution in [0.15, 0.2) is 0 Å². The second-order valence-corrected chi connectivity index (χ2v) is 10.3. The standard InChI is InChI=1S/C10H22O3Si/c1-10(2,3)14(4,5)13-9-7-12-6-8(9)11/h8-9,11H,6-7H2,1-5H3/t8-,9-/m0/s1. The topological polar surface area (TPSA) is 38.7 Å². The van der Waals surface area contributed by atoms with Crippen molar-refractivity contribution >= 4 is 8.32 Å². The highest BCUT2D eigenvalue weighted by Crippen LogP contribution is 2.38. The first-order valence-corrected chi connectivity index (χ1v) is 8.08. The summed E-state index contributed by atoms with van der Waals surface area (Å²) in [5.41, 5.74) is 0. The molecule has 1 N–H and O–H groups in total. The smallest absolute Gasteiger partial charge is 0.192 e. The van der Waals surface area contributed by atoms with Crippen molar-refractivity contribution < 1.29 is 14.3 Å². The first kappa shape index (κ1) is 12.2. The van der Waals surface area contributed by atoms with E-state index in [9.17, 15) is 5.11 Å². The molecule has 14 heavy (non-hydrogen) atoms. The minimum Gasteiger partial charge on any atom is -0.409 e. The van der Waals surface area contributed by atoms with Crippen LogP contribution < -0.4 is 0 Å². The zero-order valence-electron chi connectivity index (χ0n) is 9.83. The molecule has 0 spiro atoms. The van der Waals surface area contributed by atoms with Gasteiger partial charge in [-0.3, -0.25) is 0 Å². The fraction of sp³-hybridized carbons (Fsp3) is 1.00. The number of hydrogen-bond donors (Lipinski definition) is 1. The van der Waals surface area contributed by atoms with Gasteiger partial charge in [0.15, 0.2) is 8.32 Å². The lowest BCUT2D eigenvalue weighted by Crippen LogP contribution is -2.46. The quantitative estimate of drug-likeness (QED) is 0.718. The summed E-state index contributed by atoms with van der Waals surface area (Å²) < 4.78 is 11.2. The van der Waals surface area contributed by atoms with Gasteiger partial charge in [-0.05, 0) is 18.1 Å². The van der Waals surface area contributed by atoms with Gasteiger partial charge in [-0.25, -0.2) is 0 Å². The Morgan fingerprint density at radius 2 is 1.86 bits per heavy atom. The van der Waals surface area contributed by atoms with Gasteiger partial charge < -0.3 is 14.3 Å². The third kappa shape index (κ3) is 2.57. The van der Waals surface area contributed by atoms with Crippen molar-refractivity contribution in [3.8, 4) is 0 Å². The van der Waals surface area contributed by atoms with Gasteiger partial charge in [-0.2, -0.15) is 0 Å². The Kier molecular flexibility index (Phi) is 3.41. The Bertz CT molecular complexity index is 198. The summed E-state index contributed by atoms with van der Waals surface area (Å²) in [5, 5.41) is 9.78. The fourth-order valence-electron chi connectivity index (χ4n) is 1.19. The molecule has 1 aliphatic heterocycles. The molecule has 0 aromatic rings. The van der Waals surface area contributed by atoms with Crippen LogP contribution in [-0.4, -0.2) is 38.8 Å². The molecule has 1 aliphatic rings. The molecule has 1 heterocycles. The van der Waals surface area contributed by atoms with E-state index in [-0.39, 0.29) is 11.1 Å². The highest BCUT2D eigenvalue weighted by Gasteiger charge is 2.41. The predicted molar refractivity (Wildman–Crippen MR) is 58.9 cm³/mol. The summed E-state index contributed by atoms with van der Waals surface area (Å²) in [6.07, 6.45) is -0.556. The monoisotopic (exact) mass is 218 g/mol. The van der Waals surface area contributed by atoms with Gasteiger partial charge in [0.2, 0.25) is 0 Å². The summed E-state index contributed by atoms with van der Waals surface area (Å²) in [4.78, 5) is 0. The molecule has 0 radical (unpaired) electrons. The van der Waals surface area contributed by atoms with Crippen LogP contribution in [0.2, 0.25) is 18.1 Å². The average molecular weight is 218 g/mol. The van der Waals surface area contributed by atoms with E-state index < -0.39 is 14.4 Å². The largest absolute Gasteiger partial charge is 0.409 e. The highest BCUT2D eigenvalue weighted by atomic mass is 28.4. The molecular formula is C10H22O3Si. The van der Waals surface area contributed by atoms with Crippen molar-refractivity contribution in [3.05, 3.63) is 0 Å². The maximum Gasteiger partial charge on any atom is 0.192 e. The van der Waals surface area contributed by atoms with Crippen molar-refractivity contribution in [2.24, 2.45) is 0 Å². The van der Waals surface area contributed by atoms with E-state index in [0.29, 0.717) is 13.2 Å². The fourth-order valence-corrected chi connectivity index (χ4v) is 2.53. The molecule has 84 valence electrons. The van der Waals surface area contributed by atoms with Gasteiger partial charge in [0, 0.05) is 0 Å². The van der Waals surface area contributed by atoms with E-state index in [4.69, 9.17) is 9.16 Å². The SMILES string of the molecule is CC(C)(C)[Si](C)(C)O[C@H]1COC[C@@H]1O. The molecule has 3 nitrogen and oxygen atoms in total. The van der Waals surface area contributed by atoms with E-state index in [1.165, 1.54) is 0 Å². The zero-order chi connectivity index (χ0) is 11.0. The van der Waals surface area contributed by atoms with Crippen molar-refractivity contribution in [1.82, 2.24) is 0 Å². The lowest BCUT2D eigenvalue weighted by atomic mass is 10.2. The molecule has 0 amide bonds.